The molecule has 0 aromatic heterocycles. The summed E-state index contributed by atoms with van der Waals surface area (Å²) in [5.41, 5.74) is 4.36. The quantitative estimate of drug-likeness (QED) is 0.842. The van der Waals surface area contributed by atoms with Gasteiger partial charge in [0.2, 0.25) is 10.8 Å². The Bertz CT molecular complexity index is 899. The van der Waals surface area contributed by atoms with Gasteiger partial charge in [-0.1, -0.05) is 35.4 Å². The van der Waals surface area contributed by atoms with Crippen molar-refractivity contribution in [3.8, 4) is 0 Å². The fraction of sp³-hybridized carbons (Fsp3) is 0.222. The molecule has 0 bridgehead atoms. The van der Waals surface area contributed by atoms with Gasteiger partial charge in [-0.05, 0) is 37.6 Å². The van der Waals surface area contributed by atoms with E-state index in [0.29, 0.717) is 10.7 Å². The second kappa shape index (κ2) is 5.26. The summed E-state index contributed by atoms with van der Waals surface area (Å²) in [5, 5.41) is 3.51. The molecule has 1 fully saturated rings. The summed E-state index contributed by atoms with van der Waals surface area (Å²) in [6.45, 7) is 3.96. The van der Waals surface area contributed by atoms with Crippen molar-refractivity contribution >= 4 is 46.6 Å². The summed E-state index contributed by atoms with van der Waals surface area (Å²) >= 11 is 7.47. The SMILES string of the molecule is Cc1cc(C)c2c(c1)C1(SCC(=O)N1c1cccc(Cl)c1)C(=O)N2. The number of halogens is 1. The molecule has 2 aromatic rings. The minimum Gasteiger partial charge on any atom is -0.322 e. The average molecular weight is 359 g/mol. The summed E-state index contributed by atoms with van der Waals surface area (Å²) in [7, 11) is 0. The Balaban J connectivity index is 1.97. The van der Waals surface area contributed by atoms with Gasteiger partial charge in [0.25, 0.3) is 5.91 Å². The summed E-state index contributed by atoms with van der Waals surface area (Å²) in [6, 6.07) is 11.1. The Labute approximate surface area is 149 Å². The number of anilines is 2. The second-order valence-electron chi connectivity index (χ2n) is 6.10. The molecule has 1 N–H and O–H groups in total. The number of aryl methyl sites for hydroxylation is 2. The number of benzene rings is 2. The van der Waals surface area contributed by atoms with Gasteiger partial charge in [0.05, 0.1) is 11.4 Å². The maximum absolute atomic E-state index is 13.0. The second-order valence-corrected chi connectivity index (χ2v) is 7.70. The van der Waals surface area contributed by atoms with E-state index in [0.717, 1.165) is 22.4 Å². The van der Waals surface area contributed by atoms with Crippen LogP contribution in [0.25, 0.3) is 0 Å². The highest BCUT2D eigenvalue weighted by molar-refractivity contribution is 8.02. The monoisotopic (exact) mass is 358 g/mol. The Hall–Kier alpha value is -1.98. The van der Waals surface area contributed by atoms with E-state index in [2.05, 4.69) is 5.32 Å². The Morgan fingerprint density at radius 2 is 2.00 bits per heavy atom. The molecule has 2 amide bonds. The zero-order valence-electron chi connectivity index (χ0n) is 13.2. The van der Waals surface area contributed by atoms with Crippen molar-refractivity contribution in [2.45, 2.75) is 18.7 Å². The number of nitrogens with zero attached hydrogens (tertiary/aromatic N) is 1. The molecule has 2 aromatic carbocycles. The van der Waals surface area contributed by atoms with Crippen molar-refractivity contribution in [3.05, 3.63) is 58.1 Å². The molecule has 24 heavy (non-hydrogen) atoms. The molecule has 2 heterocycles. The van der Waals surface area contributed by atoms with E-state index in [-0.39, 0.29) is 17.6 Å². The largest absolute Gasteiger partial charge is 0.322 e. The third kappa shape index (κ3) is 2.01. The van der Waals surface area contributed by atoms with E-state index >= 15 is 0 Å². The van der Waals surface area contributed by atoms with Crippen molar-refractivity contribution < 1.29 is 9.59 Å². The average Bonchev–Trinajstić information content (AvgIpc) is 3.00. The van der Waals surface area contributed by atoms with Crippen molar-refractivity contribution in [2.24, 2.45) is 0 Å². The first kappa shape index (κ1) is 15.5. The first-order valence-corrected chi connectivity index (χ1v) is 8.95. The molecule has 2 aliphatic heterocycles. The summed E-state index contributed by atoms with van der Waals surface area (Å²) in [4.78, 5) is 26.2. The van der Waals surface area contributed by atoms with E-state index in [1.807, 2.05) is 32.0 Å². The number of carbonyl (C=O) groups is 2. The molecule has 1 atom stereocenters. The molecule has 1 unspecified atom stereocenters. The van der Waals surface area contributed by atoms with Gasteiger partial charge in [0.15, 0.2) is 0 Å². The van der Waals surface area contributed by atoms with Gasteiger partial charge < -0.3 is 5.32 Å². The van der Waals surface area contributed by atoms with Crippen LogP contribution in [0, 0.1) is 13.8 Å². The maximum Gasteiger partial charge on any atom is 0.266 e. The Kier molecular flexibility index (Phi) is 3.41. The lowest BCUT2D eigenvalue weighted by Gasteiger charge is -2.32. The molecule has 0 aliphatic carbocycles. The highest BCUT2D eigenvalue weighted by atomic mass is 35.5. The van der Waals surface area contributed by atoms with E-state index in [1.54, 1.807) is 23.1 Å². The number of hydrogen-bond donors (Lipinski definition) is 1. The van der Waals surface area contributed by atoms with Crippen LogP contribution >= 0.6 is 23.4 Å². The van der Waals surface area contributed by atoms with Gasteiger partial charge in [-0.15, -0.1) is 11.8 Å². The fourth-order valence-electron chi connectivity index (χ4n) is 3.50. The van der Waals surface area contributed by atoms with Crippen LogP contribution in [0.5, 0.6) is 0 Å². The predicted octanol–water partition coefficient (Wildman–Crippen LogP) is 3.84. The normalized spacial score (nSPS) is 22.2. The van der Waals surface area contributed by atoms with Crippen LogP contribution in [0.1, 0.15) is 16.7 Å². The number of nitrogens with one attached hydrogen (secondary N) is 1. The molecule has 0 radical (unpaired) electrons. The zero-order chi connectivity index (χ0) is 17.1. The summed E-state index contributed by atoms with van der Waals surface area (Å²) in [5.74, 6) is -0.0155. The van der Waals surface area contributed by atoms with Gasteiger partial charge in [-0.2, -0.15) is 0 Å². The molecule has 1 saturated heterocycles. The summed E-state index contributed by atoms with van der Waals surface area (Å²) < 4.78 is 0. The maximum atomic E-state index is 13.0. The zero-order valence-corrected chi connectivity index (χ0v) is 14.8. The molecule has 122 valence electrons. The minimum atomic E-state index is -1.06. The van der Waals surface area contributed by atoms with Gasteiger partial charge in [0.1, 0.15) is 0 Å². The molecular weight excluding hydrogens is 344 g/mol. The molecule has 4 rings (SSSR count). The number of carbonyl (C=O) groups excluding carboxylic acids is 2. The van der Waals surface area contributed by atoms with E-state index in [9.17, 15) is 9.59 Å². The van der Waals surface area contributed by atoms with Crippen LogP contribution in [-0.4, -0.2) is 17.6 Å². The number of rotatable bonds is 1. The van der Waals surface area contributed by atoms with Gasteiger partial charge >= 0.3 is 0 Å². The minimum absolute atomic E-state index is 0.0931. The van der Waals surface area contributed by atoms with Gasteiger partial charge in [0, 0.05) is 16.3 Å². The van der Waals surface area contributed by atoms with Crippen LogP contribution < -0.4 is 10.2 Å². The highest BCUT2D eigenvalue weighted by Crippen LogP contribution is 2.54. The number of amides is 2. The third-order valence-electron chi connectivity index (χ3n) is 4.43. The summed E-state index contributed by atoms with van der Waals surface area (Å²) in [6.07, 6.45) is 0. The van der Waals surface area contributed by atoms with Crippen molar-refractivity contribution in [2.75, 3.05) is 16.0 Å². The van der Waals surface area contributed by atoms with Crippen LogP contribution in [0.3, 0.4) is 0 Å². The molecule has 1 spiro atoms. The molecule has 4 nitrogen and oxygen atoms in total. The van der Waals surface area contributed by atoms with E-state index in [1.165, 1.54) is 11.8 Å². The molecular formula is C18H15ClN2O2S. The highest BCUT2D eigenvalue weighted by Gasteiger charge is 2.58. The van der Waals surface area contributed by atoms with Gasteiger partial charge in [-0.3, -0.25) is 14.5 Å². The first-order chi connectivity index (χ1) is 11.4. The smallest absolute Gasteiger partial charge is 0.266 e. The van der Waals surface area contributed by atoms with Crippen LogP contribution in [-0.2, 0) is 14.5 Å². The standard InChI is InChI=1S/C18H15ClN2O2S/c1-10-6-11(2)16-14(7-10)18(17(23)20-16)21(15(22)9-24-18)13-5-3-4-12(19)8-13/h3-8H,9H2,1-2H3,(H,20,23). The first-order valence-electron chi connectivity index (χ1n) is 7.59. The Morgan fingerprint density at radius 1 is 1.21 bits per heavy atom. The fourth-order valence-corrected chi connectivity index (χ4v) is 4.98. The Morgan fingerprint density at radius 3 is 2.75 bits per heavy atom. The number of fused-ring (bicyclic) bond motifs is 2. The van der Waals surface area contributed by atoms with Crippen molar-refractivity contribution in [1.29, 1.82) is 0 Å². The topological polar surface area (TPSA) is 49.4 Å². The lowest BCUT2D eigenvalue weighted by Crippen LogP contribution is -2.47. The third-order valence-corrected chi connectivity index (χ3v) is 6.06. The van der Waals surface area contributed by atoms with E-state index < -0.39 is 4.87 Å². The number of hydrogen-bond acceptors (Lipinski definition) is 3. The van der Waals surface area contributed by atoms with Crippen LogP contribution in [0.15, 0.2) is 36.4 Å². The van der Waals surface area contributed by atoms with Crippen molar-refractivity contribution in [3.63, 3.8) is 0 Å². The lowest BCUT2D eigenvalue weighted by molar-refractivity contribution is -0.122. The van der Waals surface area contributed by atoms with Gasteiger partial charge in [-0.25, -0.2) is 0 Å². The molecule has 0 saturated carbocycles. The predicted molar refractivity (Wildman–Crippen MR) is 97.6 cm³/mol. The van der Waals surface area contributed by atoms with Crippen LogP contribution in [0.4, 0.5) is 11.4 Å². The number of thioether (sulfide) groups is 1. The van der Waals surface area contributed by atoms with Crippen molar-refractivity contribution in [1.82, 2.24) is 0 Å². The van der Waals surface area contributed by atoms with Crippen LogP contribution in [0.2, 0.25) is 5.02 Å². The lowest BCUT2D eigenvalue weighted by atomic mass is 9.99. The van der Waals surface area contributed by atoms with E-state index in [4.69, 9.17) is 11.6 Å². The molecule has 2 aliphatic rings. The molecule has 6 heteroatoms.